The van der Waals surface area contributed by atoms with E-state index >= 15 is 0 Å². The van der Waals surface area contributed by atoms with Crippen molar-refractivity contribution in [1.82, 2.24) is 0 Å². The number of hydrogen-bond acceptors (Lipinski definition) is 3. The van der Waals surface area contributed by atoms with E-state index in [9.17, 15) is 9.59 Å². The molecule has 0 saturated heterocycles. The van der Waals surface area contributed by atoms with Crippen LogP contribution in [0.2, 0.25) is 0 Å². The van der Waals surface area contributed by atoms with Crippen LogP contribution in [0.1, 0.15) is 31.2 Å². The van der Waals surface area contributed by atoms with Gasteiger partial charge in [0.1, 0.15) is 0 Å². The lowest BCUT2D eigenvalue weighted by Gasteiger charge is -2.04. The number of carboxylic acids is 1. The number of ether oxygens (including phenoxy) is 1. The monoisotopic (exact) mass is 250 g/mol. The first-order valence-corrected chi connectivity index (χ1v) is 6.10. The van der Waals surface area contributed by atoms with E-state index in [2.05, 4.69) is 0 Å². The maximum Gasteiger partial charge on any atom is 0.305 e. The summed E-state index contributed by atoms with van der Waals surface area (Å²) in [7, 11) is 0. The first-order valence-electron chi connectivity index (χ1n) is 6.10. The van der Waals surface area contributed by atoms with E-state index in [1.807, 2.05) is 30.3 Å². The summed E-state index contributed by atoms with van der Waals surface area (Å²) < 4.78 is 4.93. The number of carbonyl (C=O) groups excluding carboxylic acids is 1. The Morgan fingerprint density at radius 3 is 2.44 bits per heavy atom. The highest BCUT2D eigenvalue weighted by atomic mass is 16.5. The molecule has 1 aromatic rings. The maximum atomic E-state index is 11.3. The Labute approximate surface area is 107 Å². The van der Waals surface area contributed by atoms with Crippen molar-refractivity contribution in [2.24, 2.45) is 0 Å². The molecule has 4 heteroatoms. The summed E-state index contributed by atoms with van der Waals surface area (Å²) in [5, 5.41) is 8.41. The summed E-state index contributed by atoms with van der Waals surface area (Å²) in [6.45, 7) is 0.191. The van der Waals surface area contributed by atoms with Gasteiger partial charge in [-0.2, -0.15) is 0 Å². The topological polar surface area (TPSA) is 63.6 Å². The highest BCUT2D eigenvalue weighted by Gasteiger charge is 2.04. The Balaban J connectivity index is 2.05. The second-order valence-electron chi connectivity index (χ2n) is 4.06. The molecule has 0 atom stereocenters. The summed E-state index contributed by atoms with van der Waals surface area (Å²) >= 11 is 0. The predicted molar refractivity (Wildman–Crippen MR) is 67.2 cm³/mol. The first kappa shape index (κ1) is 14.2. The van der Waals surface area contributed by atoms with Gasteiger partial charge >= 0.3 is 11.9 Å². The highest BCUT2D eigenvalue weighted by molar-refractivity contribution is 5.69. The molecule has 1 rings (SSSR count). The number of esters is 1. The number of benzene rings is 1. The number of hydrogen-bond donors (Lipinski definition) is 1. The van der Waals surface area contributed by atoms with E-state index in [0.717, 1.165) is 12.8 Å². The van der Waals surface area contributed by atoms with Crippen LogP contribution in [0.3, 0.4) is 0 Å². The van der Waals surface area contributed by atoms with E-state index in [1.54, 1.807) is 0 Å². The Morgan fingerprint density at radius 1 is 1.06 bits per heavy atom. The fraction of sp³-hybridized carbons (Fsp3) is 0.429. The molecule has 18 heavy (non-hydrogen) atoms. The third-order valence-electron chi connectivity index (χ3n) is 2.49. The molecule has 1 aromatic carbocycles. The van der Waals surface area contributed by atoms with Crippen molar-refractivity contribution in [3.8, 4) is 0 Å². The summed E-state index contributed by atoms with van der Waals surface area (Å²) in [5.74, 6) is -1.12. The molecule has 0 aliphatic rings. The first-order chi connectivity index (χ1) is 8.68. The number of rotatable bonds is 8. The normalized spacial score (nSPS) is 10.0. The summed E-state index contributed by atoms with van der Waals surface area (Å²) in [6.07, 6.45) is 2.39. The molecule has 0 aromatic heterocycles. The minimum atomic E-state index is -0.866. The van der Waals surface area contributed by atoms with Crippen molar-refractivity contribution >= 4 is 11.9 Å². The molecular formula is C14H18O4. The van der Waals surface area contributed by atoms with E-state index in [0.29, 0.717) is 12.8 Å². The van der Waals surface area contributed by atoms with Crippen molar-refractivity contribution in [2.45, 2.75) is 32.1 Å². The molecule has 0 saturated carbocycles. The number of aliphatic carboxylic acids is 1. The lowest BCUT2D eigenvalue weighted by Crippen LogP contribution is -2.07. The Bertz CT molecular complexity index is 373. The van der Waals surface area contributed by atoms with E-state index in [1.165, 1.54) is 5.56 Å². The fourth-order valence-electron chi connectivity index (χ4n) is 1.56. The molecular weight excluding hydrogens is 232 g/mol. The van der Waals surface area contributed by atoms with Gasteiger partial charge in [-0.3, -0.25) is 9.59 Å². The second-order valence-corrected chi connectivity index (χ2v) is 4.06. The van der Waals surface area contributed by atoms with Gasteiger partial charge in [0.05, 0.1) is 6.61 Å². The van der Waals surface area contributed by atoms with Crippen LogP contribution in [0.4, 0.5) is 0 Å². The van der Waals surface area contributed by atoms with Crippen LogP contribution in [-0.2, 0) is 20.7 Å². The molecule has 0 unspecified atom stereocenters. The minimum absolute atomic E-state index is 0.0390. The van der Waals surface area contributed by atoms with Gasteiger partial charge in [-0.05, 0) is 24.8 Å². The molecule has 0 aliphatic carbocycles. The molecule has 98 valence electrons. The lowest BCUT2D eigenvalue weighted by molar-refractivity contribution is -0.145. The zero-order valence-corrected chi connectivity index (χ0v) is 10.3. The van der Waals surface area contributed by atoms with Crippen molar-refractivity contribution in [3.05, 3.63) is 35.9 Å². The van der Waals surface area contributed by atoms with Gasteiger partial charge in [-0.1, -0.05) is 30.3 Å². The van der Waals surface area contributed by atoms with Crippen molar-refractivity contribution < 1.29 is 19.4 Å². The molecule has 0 amide bonds. The molecule has 0 heterocycles. The summed E-state index contributed by atoms with van der Waals surface area (Å²) in [4.78, 5) is 21.5. The van der Waals surface area contributed by atoms with Gasteiger partial charge in [-0.25, -0.2) is 0 Å². The smallest absolute Gasteiger partial charge is 0.305 e. The van der Waals surface area contributed by atoms with E-state index in [-0.39, 0.29) is 19.0 Å². The number of carbonyl (C=O) groups is 2. The van der Waals surface area contributed by atoms with Crippen LogP contribution < -0.4 is 0 Å². The fourth-order valence-corrected chi connectivity index (χ4v) is 1.56. The van der Waals surface area contributed by atoms with E-state index < -0.39 is 5.97 Å². The van der Waals surface area contributed by atoms with Crippen LogP contribution in [0, 0.1) is 0 Å². The van der Waals surface area contributed by atoms with Crippen LogP contribution in [0.5, 0.6) is 0 Å². The largest absolute Gasteiger partial charge is 0.481 e. The molecule has 0 fully saturated rings. The van der Waals surface area contributed by atoms with Gasteiger partial charge in [0.2, 0.25) is 0 Å². The van der Waals surface area contributed by atoms with Crippen molar-refractivity contribution in [1.29, 1.82) is 0 Å². The van der Waals surface area contributed by atoms with Crippen LogP contribution >= 0.6 is 0 Å². The van der Waals surface area contributed by atoms with Crippen LogP contribution in [-0.4, -0.2) is 23.7 Å². The van der Waals surface area contributed by atoms with Gasteiger partial charge in [0, 0.05) is 12.8 Å². The number of carboxylic acid groups (broad SMARTS) is 1. The Hall–Kier alpha value is -1.84. The number of aryl methyl sites for hydroxylation is 1. The predicted octanol–water partition coefficient (Wildman–Crippen LogP) is 2.42. The third-order valence-corrected chi connectivity index (χ3v) is 2.49. The molecule has 4 nitrogen and oxygen atoms in total. The molecule has 0 bridgehead atoms. The SMILES string of the molecule is O=C(O)CCCOC(=O)CCCc1ccccc1. The standard InChI is InChI=1S/C14H18O4/c15-13(16)9-5-11-18-14(17)10-4-8-12-6-2-1-3-7-12/h1-3,6-7H,4-5,8-11H2,(H,15,16). The zero-order chi connectivity index (χ0) is 13.2. The van der Waals surface area contributed by atoms with Gasteiger partial charge < -0.3 is 9.84 Å². The van der Waals surface area contributed by atoms with Crippen LogP contribution in [0.15, 0.2) is 30.3 Å². The third kappa shape index (κ3) is 6.68. The zero-order valence-electron chi connectivity index (χ0n) is 10.3. The maximum absolute atomic E-state index is 11.3. The quantitative estimate of drug-likeness (QED) is 0.568. The lowest BCUT2D eigenvalue weighted by atomic mass is 10.1. The molecule has 0 spiro atoms. The molecule has 0 radical (unpaired) electrons. The Morgan fingerprint density at radius 2 is 1.78 bits per heavy atom. The van der Waals surface area contributed by atoms with Gasteiger partial charge in [-0.15, -0.1) is 0 Å². The molecule has 0 aliphatic heterocycles. The highest BCUT2D eigenvalue weighted by Crippen LogP contribution is 2.05. The van der Waals surface area contributed by atoms with E-state index in [4.69, 9.17) is 9.84 Å². The average molecular weight is 250 g/mol. The van der Waals surface area contributed by atoms with Crippen molar-refractivity contribution in [3.63, 3.8) is 0 Å². The van der Waals surface area contributed by atoms with Crippen LogP contribution in [0.25, 0.3) is 0 Å². The van der Waals surface area contributed by atoms with Gasteiger partial charge in [0.15, 0.2) is 0 Å². The van der Waals surface area contributed by atoms with Gasteiger partial charge in [0.25, 0.3) is 0 Å². The molecule has 1 N–H and O–H groups in total. The summed E-state index contributed by atoms with van der Waals surface area (Å²) in [6, 6.07) is 9.95. The Kier molecular flexibility index (Phi) is 6.54. The summed E-state index contributed by atoms with van der Waals surface area (Å²) in [5.41, 5.74) is 1.20. The average Bonchev–Trinajstić information content (AvgIpc) is 2.36. The second kappa shape index (κ2) is 8.28. The van der Waals surface area contributed by atoms with Crippen molar-refractivity contribution in [2.75, 3.05) is 6.61 Å². The minimum Gasteiger partial charge on any atom is -0.481 e.